The van der Waals surface area contributed by atoms with Gasteiger partial charge >= 0.3 is 12.1 Å². The van der Waals surface area contributed by atoms with Crippen molar-refractivity contribution < 1.29 is 23.1 Å². The number of carbonyl (C=O) groups excluding carboxylic acids is 1. The third-order valence-corrected chi connectivity index (χ3v) is 4.16. The van der Waals surface area contributed by atoms with Crippen molar-refractivity contribution in [2.45, 2.75) is 38.9 Å². The lowest BCUT2D eigenvalue weighted by molar-refractivity contribution is -0.188. The van der Waals surface area contributed by atoms with Gasteiger partial charge in [-0.2, -0.15) is 18.4 Å². The van der Waals surface area contributed by atoms with E-state index in [0.717, 1.165) is 4.90 Å². The molecular formula is C16H17F3N2O2. The SMILES string of the molecule is CC(C)[C@@H]1Cc2cc(C#N)c(O)cc2CCN1C(=O)C(F)(F)F. The fourth-order valence-corrected chi connectivity index (χ4v) is 2.94. The van der Waals surface area contributed by atoms with E-state index < -0.39 is 18.1 Å². The molecular weight excluding hydrogens is 309 g/mol. The maximum absolute atomic E-state index is 12.8. The zero-order valence-corrected chi connectivity index (χ0v) is 12.8. The van der Waals surface area contributed by atoms with E-state index in [9.17, 15) is 23.1 Å². The Kier molecular flexibility index (Phi) is 4.55. The summed E-state index contributed by atoms with van der Waals surface area (Å²) < 4.78 is 38.5. The van der Waals surface area contributed by atoms with Crippen LogP contribution in [0.3, 0.4) is 0 Å². The summed E-state index contributed by atoms with van der Waals surface area (Å²) in [5, 5.41) is 18.7. The zero-order valence-electron chi connectivity index (χ0n) is 12.8. The Bertz CT molecular complexity index is 663. The highest BCUT2D eigenvalue weighted by Gasteiger charge is 2.45. The van der Waals surface area contributed by atoms with E-state index in [2.05, 4.69) is 0 Å². The largest absolute Gasteiger partial charge is 0.507 e. The number of rotatable bonds is 1. The minimum atomic E-state index is -4.91. The third-order valence-electron chi connectivity index (χ3n) is 4.16. The minimum Gasteiger partial charge on any atom is -0.507 e. The van der Waals surface area contributed by atoms with Crippen molar-refractivity contribution in [3.8, 4) is 11.8 Å². The molecule has 2 rings (SSSR count). The van der Waals surface area contributed by atoms with Gasteiger partial charge in [0.15, 0.2) is 0 Å². The van der Waals surface area contributed by atoms with Crippen molar-refractivity contribution in [1.29, 1.82) is 5.26 Å². The average molecular weight is 326 g/mol. The summed E-state index contributed by atoms with van der Waals surface area (Å²) in [6.45, 7) is 3.45. The Balaban J connectivity index is 2.43. The van der Waals surface area contributed by atoms with Gasteiger partial charge in [0.05, 0.1) is 5.56 Å². The molecule has 23 heavy (non-hydrogen) atoms. The maximum atomic E-state index is 12.8. The van der Waals surface area contributed by atoms with Crippen LogP contribution in [0.4, 0.5) is 13.2 Å². The van der Waals surface area contributed by atoms with Gasteiger partial charge in [0.1, 0.15) is 11.8 Å². The van der Waals surface area contributed by atoms with Gasteiger partial charge in [0.2, 0.25) is 0 Å². The van der Waals surface area contributed by atoms with E-state index in [1.165, 1.54) is 12.1 Å². The summed E-state index contributed by atoms with van der Waals surface area (Å²) in [5.74, 6) is -2.21. The number of nitrogens with zero attached hydrogens (tertiary/aromatic N) is 2. The fourth-order valence-electron chi connectivity index (χ4n) is 2.94. The molecule has 1 N–H and O–H groups in total. The first-order valence-electron chi connectivity index (χ1n) is 7.27. The van der Waals surface area contributed by atoms with Crippen molar-refractivity contribution in [1.82, 2.24) is 4.90 Å². The first-order chi connectivity index (χ1) is 10.6. The molecule has 1 aliphatic rings. The first kappa shape index (κ1) is 17.1. The Morgan fingerprint density at radius 1 is 1.39 bits per heavy atom. The molecule has 1 amide bonds. The number of aromatic hydroxyl groups is 1. The monoisotopic (exact) mass is 326 g/mol. The maximum Gasteiger partial charge on any atom is 0.471 e. The molecule has 1 heterocycles. The number of hydrogen-bond donors (Lipinski definition) is 1. The van der Waals surface area contributed by atoms with Gasteiger partial charge in [-0.15, -0.1) is 0 Å². The molecule has 1 aliphatic heterocycles. The number of nitriles is 1. The molecule has 0 unspecified atom stereocenters. The van der Waals surface area contributed by atoms with E-state index in [1.807, 2.05) is 6.07 Å². The number of alkyl halides is 3. The molecule has 0 aliphatic carbocycles. The van der Waals surface area contributed by atoms with E-state index in [0.29, 0.717) is 11.1 Å². The fraction of sp³-hybridized carbons (Fsp3) is 0.500. The molecule has 0 aromatic heterocycles. The normalized spacial score (nSPS) is 18.3. The standard InChI is InChI=1S/C16H17F3N2O2/c1-9(2)13-6-11-5-12(8-20)14(22)7-10(11)3-4-21(13)15(23)16(17,18)19/h5,7,9,13,22H,3-4,6H2,1-2H3/t13-/m0/s1. The highest BCUT2D eigenvalue weighted by Crippen LogP contribution is 2.31. The molecule has 0 radical (unpaired) electrons. The van der Waals surface area contributed by atoms with Gasteiger partial charge in [-0.05, 0) is 42.0 Å². The van der Waals surface area contributed by atoms with Crippen LogP contribution in [0.25, 0.3) is 0 Å². The third kappa shape index (κ3) is 3.41. The van der Waals surface area contributed by atoms with Crippen LogP contribution in [-0.4, -0.2) is 34.7 Å². The molecule has 0 spiro atoms. The second-order valence-corrected chi connectivity index (χ2v) is 6.01. The van der Waals surface area contributed by atoms with E-state index in [-0.39, 0.29) is 36.6 Å². The Labute approximate surface area is 132 Å². The Hall–Kier alpha value is -2.23. The Morgan fingerprint density at radius 2 is 2.04 bits per heavy atom. The summed E-state index contributed by atoms with van der Waals surface area (Å²) in [6, 6.07) is 4.16. The zero-order chi connectivity index (χ0) is 17.4. The van der Waals surface area contributed by atoms with Gasteiger partial charge in [0.25, 0.3) is 0 Å². The minimum absolute atomic E-state index is 0.0699. The molecule has 124 valence electrons. The van der Waals surface area contributed by atoms with Crippen LogP contribution < -0.4 is 0 Å². The highest BCUT2D eigenvalue weighted by molar-refractivity contribution is 5.82. The topological polar surface area (TPSA) is 64.3 Å². The number of fused-ring (bicyclic) bond motifs is 1. The molecule has 1 atom stereocenters. The van der Waals surface area contributed by atoms with Crippen molar-refractivity contribution in [3.05, 3.63) is 28.8 Å². The van der Waals surface area contributed by atoms with E-state index >= 15 is 0 Å². The molecule has 4 nitrogen and oxygen atoms in total. The smallest absolute Gasteiger partial charge is 0.471 e. The summed E-state index contributed by atoms with van der Waals surface area (Å²) in [7, 11) is 0. The lowest BCUT2D eigenvalue weighted by Crippen LogP contribution is -2.50. The number of amides is 1. The lowest BCUT2D eigenvalue weighted by atomic mass is 9.92. The molecule has 0 saturated carbocycles. The lowest BCUT2D eigenvalue weighted by Gasteiger charge is -2.33. The van der Waals surface area contributed by atoms with Crippen molar-refractivity contribution >= 4 is 5.91 Å². The van der Waals surface area contributed by atoms with Crippen LogP contribution in [0, 0.1) is 17.2 Å². The number of carbonyl (C=O) groups is 1. The number of halogens is 3. The molecule has 1 aromatic rings. The summed E-state index contributed by atoms with van der Waals surface area (Å²) in [6.07, 6.45) is -4.48. The predicted octanol–water partition coefficient (Wildman–Crippen LogP) is 2.78. The summed E-state index contributed by atoms with van der Waals surface area (Å²) in [5.41, 5.74) is 1.46. The van der Waals surface area contributed by atoms with Gasteiger partial charge in [-0.1, -0.05) is 13.8 Å². The predicted molar refractivity (Wildman–Crippen MR) is 76.6 cm³/mol. The molecule has 0 bridgehead atoms. The van der Waals surface area contributed by atoms with Crippen LogP contribution >= 0.6 is 0 Å². The second kappa shape index (κ2) is 6.11. The Morgan fingerprint density at radius 3 is 2.57 bits per heavy atom. The molecule has 1 aromatic carbocycles. The number of benzene rings is 1. The van der Waals surface area contributed by atoms with E-state index in [1.54, 1.807) is 13.8 Å². The van der Waals surface area contributed by atoms with Crippen LogP contribution in [0.2, 0.25) is 0 Å². The summed E-state index contributed by atoms with van der Waals surface area (Å²) in [4.78, 5) is 12.6. The quantitative estimate of drug-likeness (QED) is 0.863. The van der Waals surface area contributed by atoms with Gasteiger partial charge < -0.3 is 10.0 Å². The van der Waals surface area contributed by atoms with E-state index in [4.69, 9.17) is 5.26 Å². The van der Waals surface area contributed by atoms with Crippen LogP contribution in [0.5, 0.6) is 5.75 Å². The molecule has 0 saturated heterocycles. The van der Waals surface area contributed by atoms with Crippen LogP contribution in [-0.2, 0) is 17.6 Å². The van der Waals surface area contributed by atoms with Crippen LogP contribution in [0.1, 0.15) is 30.5 Å². The number of phenols is 1. The second-order valence-electron chi connectivity index (χ2n) is 6.01. The average Bonchev–Trinajstić information content (AvgIpc) is 2.63. The van der Waals surface area contributed by atoms with Gasteiger partial charge in [-0.25, -0.2) is 0 Å². The highest BCUT2D eigenvalue weighted by atomic mass is 19.4. The first-order valence-corrected chi connectivity index (χ1v) is 7.27. The van der Waals surface area contributed by atoms with Crippen LogP contribution in [0.15, 0.2) is 12.1 Å². The van der Waals surface area contributed by atoms with Gasteiger partial charge in [-0.3, -0.25) is 4.79 Å². The van der Waals surface area contributed by atoms with Gasteiger partial charge in [0, 0.05) is 12.6 Å². The molecule has 7 heteroatoms. The summed E-state index contributed by atoms with van der Waals surface area (Å²) >= 11 is 0. The number of phenolic OH excluding ortho intramolecular Hbond substituents is 1. The number of hydrogen-bond acceptors (Lipinski definition) is 3. The van der Waals surface area contributed by atoms with Crippen molar-refractivity contribution in [2.75, 3.05) is 6.54 Å². The van der Waals surface area contributed by atoms with Crippen molar-refractivity contribution in [2.24, 2.45) is 5.92 Å². The van der Waals surface area contributed by atoms with Crippen molar-refractivity contribution in [3.63, 3.8) is 0 Å². The molecule has 0 fully saturated rings.